The Morgan fingerprint density at radius 3 is 2.10 bits per heavy atom. The number of nitrogens with zero attached hydrogens (tertiary/aromatic N) is 1. The average Bonchev–Trinajstić information content (AvgIpc) is 3.33. The first-order valence-electron chi connectivity index (χ1n) is 9.32. The van der Waals surface area contributed by atoms with Crippen LogP contribution in [0.1, 0.15) is 22.4 Å². The molecule has 2 aromatic heterocycles. The fraction of sp³-hybridized carbons (Fsp3) is 0.125. The molecule has 0 fully saturated rings. The van der Waals surface area contributed by atoms with Crippen LogP contribution in [-0.2, 0) is 0 Å². The lowest BCUT2D eigenvalue weighted by Gasteiger charge is -2.06. The molecule has 0 amide bonds. The Labute approximate surface area is 177 Å². The summed E-state index contributed by atoms with van der Waals surface area (Å²) in [6.45, 7) is 6.29. The van der Waals surface area contributed by atoms with Crippen molar-refractivity contribution in [2.24, 2.45) is 4.99 Å². The van der Waals surface area contributed by atoms with Crippen LogP contribution < -0.4 is 4.74 Å². The van der Waals surface area contributed by atoms with Crippen molar-refractivity contribution in [2.45, 2.75) is 20.8 Å². The van der Waals surface area contributed by atoms with E-state index >= 15 is 0 Å². The fourth-order valence-corrected chi connectivity index (χ4v) is 3.08. The summed E-state index contributed by atoms with van der Waals surface area (Å²) < 4.78 is 5.87. The molecule has 148 valence electrons. The SMILES string of the molecule is Cc1ccc(Oc2ccc(N=Cc3[nH]c(-c4ccc[nH]4)c(C)c3C)cc2)cc1.Cl. The van der Waals surface area contributed by atoms with Gasteiger partial charge in [0.2, 0.25) is 0 Å². The van der Waals surface area contributed by atoms with Gasteiger partial charge in [0.15, 0.2) is 0 Å². The molecule has 4 rings (SSSR count). The van der Waals surface area contributed by atoms with Gasteiger partial charge in [-0.15, -0.1) is 12.4 Å². The zero-order valence-electron chi connectivity index (χ0n) is 16.7. The fourth-order valence-electron chi connectivity index (χ4n) is 3.08. The number of aryl methyl sites for hydroxylation is 1. The number of aromatic amines is 2. The van der Waals surface area contributed by atoms with E-state index in [0.29, 0.717) is 0 Å². The quantitative estimate of drug-likeness (QED) is 0.348. The van der Waals surface area contributed by atoms with Gasteiger partial charge in [-0.2, -0.15) is 0 Å². The Kier molecular flexibility index (Phi) is 6.25. The molecule has 29 heavy (non-hydrogen) atoms. The molecule has 0 saturated carbocycles. The van der Waals surface area contributed by atoms with Crippen molar-refractivity contribution < 1.29 is 4.74 Å². The van der Waals surface area contributed by atoms with Gasteiger partial charge in [0, 0.05) is 6.20 Å². The lowest BCUT2D eigenvalue weighted by molar-refractivity contribution is 0.482. The van der Waals surface area contributed by atoms with Crippen molar-refractivity contribution in [3.8, 4) is 22.9 Å². The Morgan fingerprint density at radius 1 is 0.828 bits per heavy atom. The number of benzene rings is 2. The van der Waals surface area contributed by atoms with Crippen molar-refractivity contribution >= 4 is 24.3 Å². The summed E-state index contributed by atoms with van der Waals surface area (Å²) in [5, 5.41) is 0. The number of aliphatic imine (C=N–C) groups is 1. The van der Waals surface area contributed by atoms with Crippen molar-refractivity contribution in [3.63, 3.8) is 0 Å². The number of nitrogens with one attached hydrogen (secondary N) is 2. The summed E-state index contributed by atoms with van der Waals surface area (Å²) in [6.07, 6.45) is 3.81. The number of hydrogen-bond acceptors (Lipinski definition) is 2. The van der Waals surface area contributed by atoms with E-state index in [0.717, 1.165) is 34.3 Å². The number of H-pyrrole nitrogens is 2. The molecule has 0 aliphatic heterocycles. The number of ether oxygens (including phenoxy) is 1. The first kappa shape index (κ1) is 20.5. The summed E-state index contributed by atoms with van der Waals surface area (Å²) in [5.74, 6) is 1.62. The molecule has 2 N–H and O–H groups in total. The standard InChI is InChI=1S/C24H23N3O.ClH/c1-16-6-10-20(11-7-16)28-21-12-8-19(9-13-21)26-15-23-17(2)18(3)24(27-23)22-5-4-14-25-22;/h4-15,25,27H,1-3H3;1H. The number of rotatable bonds is 5. The normalized spacial score (nSPS) is 10.9. The molecule has 0 radical (unpaired) electrons. The molecule has 2 aromatic carbocycles. The summed E-state index contributed by atoms with van der Waals surface area (Å²) in [5.41, 5.74) is 7.72. The highest BCUT2D eigenvalue weighted by Crippen LogP contribution is 2.27. The van der Waals surface area contributed by atoms with Crippen LogP contribution in [0.3, 0.4) is 0 Å². The van der Waals surface area contributed by atoms with Crippen molar-refractivity contribution in [1.29, 1.82) is 0 Å². The Bertz CT molecular complexity index is 1090. The van der Waals surface area contributed by atoms with Crippen LogP contribution in [0.5, 0.6) is 11.5 Å². The van der Waals surface area contributed by atoms with Gasteiger partial charge in [0.25, 0.3) is 0 Å². The van der Waals surface area contributed by atoms with Crippen LogP contribution in [0.2, 0.25) is 0 Å². The highest BCUT2D eigenvalue weighted by molar-refractivity contribution is 5.85. The molecule has 0 atom stereocenters. The largest absolute Gasteiger partial charge is 0.457 e. The van der Waals surface area contributed by atoms with E-state index in [4.69, 9.17) is 4.74 Å². The van der Waals surface area contributed by atoms with E-state index in [1.807, 2.05) is 67.0 Å². The topological polar surface area (TPSA) is 53.2 Å². The number of halogens is 1. The molecule has 0 bridgehead atoms. The van der Waals surface area contributed by atoms with Gasteiger partial charge in [0.05, 0.1) is 29.0 Å². The van der Waals surface area contributed by atoms with Crippen LogP contribution in [0.4, 0.5) is 5.69 Å². The smallest absolute Gasteiger partial charge is 0.127 e. The lowest BCUT2D eigenvalue weighted by atomic mass is 10.1. The van der Waals surface area contributed by atoms with Crippen LogP contribution >= 0.6 is 12.4 Å². The maximum absolute atomic E-state index is 5.87. The summed E-state index contributed by atoms with van der Waals surface area (Å²) >= 11 is 0. The lowest BCUT2D eigenvalue weighted by Crippen LogP contribution is -1.85. The van der Waals surface area contributed by atoms with Crippen LogP contribution in [0.15, 0.2) is 71.9 Å². The van der Waals surface area contributed by atoms with Gasteiger partial charge in [0.1, 0.15) is 11.5 Å². The van der Waals surface area contributed by atoms with E-state index in [9.17, 15) is 0 Å². The number of hydrogen-bond donors (Lipinski definition) is 2. The second kappa shape index (κ2) is 8.84. The molecule has 0 spiro atoms. The van der Waals surface area contributed by atoms with Gasteiger partial charge in [-0.3, -0.25) is 4.99 Å². The highest BCUT2D eigenvalue weighted by Gasteiger charge is 2.11. The van der Waals surface area contributed by atoms with Crippen LogP contribution in [-0.4, -0.2) is 16.2 Å². The third-order valence-corrected chi connectivity index (χ3v) is 4.90. The first-order valence-corrected chi connectivity index (χ1v) is 9.32. The first-order chi connectivity index (χ1) is 13.6. The summed E-state index contributed by atoms with van der Waals surface area (Å²) in [7, 11) is 0. The minimum atomic E-state index is 0. The van der Waals surface area contributed by atoms with Gasteiger partial charge in [-0.05, 0) is 80.4 Å². The predicted molar refractivity (Wildman–Crippen MR) is 122 cm³/mol. The minimum absolute atomic E-state index is 0. The Balaban J connectivity index is 0.00000240. The second-order valence-electron chi connectivity index (χ2n) is 6.91. The van der Waals surface area contributed by atoms with Crippen molar-refractivity contribution in [2.75, 3.05) is 0 Å². The Morgan fingerprint density at radius 2 is 1.48 bits per heavy atom. The third kappa shape index (κ3) is 4.61. The second-order valence-corrected chi connectivity index (χ2v) is 6.91. The molecular weight excluding hydrogens is 382 g/mol. The molecular formula is C24H24ClN3O. The van der Waals surface area contributed by atoms with Crippen LogP contribution in [0.25, 0.3) is 11.4 Å². The molecule has 5 heteroatoms. The molecule has 0 aliphatic carbocycles. The zero-order chi connectivity index (χ0) is 19.5. The van der Waals surface area contributed by atoms with Gasteiger partial charge < -0.3 is 14.7 Å². The third-order valence-electron chi connectivity index (χ3n) is 4.90. The maximum Gasteiger partial charge on any atom is 0.127 e. The molecule has 4 nitrogen and oxygen atoms in total. The average molecular weight is 406 g/mol. The van der Waals surface area contributed by atoms with Gasteiger partial charge in [-0.1, -0.05) is 17.7 Å². The maximum atomic E-state index is 5.87. The van der Waals surface area contributed by atoms with E-state index in [2.05, 4.69) is 41.8 Å². The number of aromatic nitrogens is 2. The summed E-state index contributed by atoms with van der Waals surface area (Å²) in [4.78, 5) is 11.3. The van der Waals surface area contributed by atoms with Crippen molar-refractivity contribution in [3.05, 3.63) is 89.2 Å². The molecule has 0 aliphatic rings. The van der Waals surface area contributed by atoms with E-state index in [-0.39, 0.29) is 12.4 Å². The predicted octanol–water partition coefficient (Wildman–Crippen LogP) is 6.90. The van der Waals surface area contributed by atoms with Gasteiger partial charge >= 0.3 is 0 Å². The molecule has 0 unspecified atom stereocenters. The van der Waals surface area contributed by atoms with E-state index in [1.54, 1.807) is 0 Å². The molecule has 4 aromatic rings. The van der Waals surface area contributed by atoms with Gasteiger partial charge in [-0.25, -0.2) is 0 Å². The monoisotopic (exact) mass is 405 g/mol. The van der Waals surface area contributed by atoms with E-state index in [1.165, 1.54) is 16.7 Å². The minimum Gasteiger partial charge on any atom is -0.457 e. The van der Waals surface area contributed by atoms with E-state index < -0.39 is 0 Å². The molecule has 2 heterocycles. The Hall–Kier alpha value is -3.24. The van der Waals surface area contributed by atoms with Crippen LogP contribution in [0, 0.1) is 20.8 Å². The highest BCUT2D eigenvalue weighted by atomic mass is 35.5. The molecule has 0 saturated heterocycles. The summed E-state index contributed by atoms with van der Waals surface area (Å²) in [6, 6.07) is 19.9. The van der Waals surface area contributed by atoms with Crippen molar-refractivity contribution in [1.82, 2.24) is 9.97 Å². The zero-order valence-corrected chi connectivity index (χ0v) is 17.5.